The Morgan fingerprint density at radius 1 is 1.09 bits per heavy atom. The highest BCUT2D eigenvalue weighted by Gasteiger charge is 2.27. The molecule has 0 saturated carbocycles. The fourth-order valence-electron chi connectivity index (χ4n) is 3.63. The highest BCUT2D eigenvalue weighted by atomic mass is 32.2. The number of amides is 1. The quantitative estimate of drug-likeness (QED) is 0.382. The fraction of sp³-hybridized carbons (Fsp3) is 0.227. The number of non-ortho nitro benzene ring substituents is 1. The molecule has 34 heavy (non-hydrogen) atoms. The first-order valence-electron chi connectivity index (χ1n) is 10.4. The lowest BCUT2D eigenvalue weighted by atomic mass is 10.2. The molecule has 0 aliphatic carbocycles. The van der Waals surface area contributed by atoms with Crippen molar-refractivity contribution in [2.45, 2.75) is 6.54 Å². The van der Waals surface area contributed by atoms with Gasteiger partial charge in [0.1, 0.15) is 6.54 Å². The fourth-order valence-corrected chi connectivity index (χ4v) is 4.80. The summed E-state index contributed by atoms with van der Waals surface area (Å²) in [6, 6.07) is 12.8. The van der Waals surface area contributed by atoms with Crippen LogP contribution in [-0.4, -0.2) is 64.2 Å². The molecular weight excluding hydrogens is 462 g/mol. The van der Waals surface area contributed by atoms with Crippen molar-refractivity contribution >= 4 is 38.6 Å². The van der Waals surface area contributed by atoms with Gasteiger partial charge in [-0.25, -0.2) is 13.4 Å². The van der Waals surface area contributed by atoms with Gasteiger partial charge < -0.3 is 4.90 Å². The third kappa shape index (κ3) is 5.02. The van der Waals surface area contributed by atoms with Gasteiger partial charge in [0, 0.05) is 43.7 Å². The zero-order valence-corrected chi connectivity index (χ0v) is 18.8. The number of piperazine rings is 1. The zero-order chi connectivity index (χ0) is 24.3. The molecule has 176 valence electrons. The minimum Gasteiger partial charge on any atom is -0.338 e. The second-order valence-corrected chi connectivity index (χ2v) is 9.49. The molecule has 12 heteroatoms. The number of rotatable bonds is 6. The summed E-state index contributed by atoms with van der Waals surface area (Å²) >= 11 is 0. The van der Waals surface area contributed by atoms with Gasteiger partial charge in [0.2, 0.25) is 15.9 Å². The van der Waals surface area contributed by atoms with E-state index < -0.39 is 20.5 Å². The van der Waals surface area contributed by atoms with Crippen LogP contribution >= 0.6 is 0 Å². The summed E-state index contributed by atoms with van der Waals surface area (Å²) in [7, 11) is -3.63. The minimum atomic E-state index is -3.63. The Kier molecular flexibility index (Phi) is 6.52. The lowest BCUT2D eigenvalue weighted by Crippen LogP contribution is -2.51. The molecule has 11 nitrogen and oxygen atoms in total. The average molecular weight is 484 g/mol. The van der Waals surface area contributed by atoms with E-state index in [9.17, 15) is 28.1 Å². The van der Waals surface area contributed by atoms with Gasteiger partial charge in [-0.05, 0) is 17.7 Å². The molecule has 0 spiro atoms. The van der Waals surface area contributed by atoms with Gasteiger partial charge >= 0.3 is 0 Å². The highest BCUT2D eigenvalue weighted by Crippen LogP contribution is 2.16. The van der Waals surface area contributed by atoms with E-state index in [-0.39, 0.29) is 55.2 Å². The molecule has 3 aromatic rings. The van der Waals surface area contributed by atoms with Crippen LogP contribution in [0.2, 0.25) is 0 Å². The number of fused-ring (bicyclic) bond motifs is 1. The maximum Gasteiger partial charge on any atom is 0.271 e. The number of hydrogen-bond acceptors (Lipinski definition) is 7. The first-order valence-corrected chi connectivity index (χ1v) is 11.9. The molecule has 4 rings (SSSR count). The van der Waals surface area contributed by atoms with Crippen LogP contribution in [0.1, 0.15) is 5.56 Å². The van der Waals surface area contributed by atoms with Crippen LogP contribution in [0, 0.1) is 10.1 Å². The van der Waals surface area contributed by atoms with Crippen molar-refractivity contribution in [2.75, 3.05) is 26.2 Å². The van der Waals surface area contributed by atoms with Crippen LogP contribution in [0.3, 0.4) is 0 Å². The average Bonchev–Trinajstić information content (AvgIpc) is 2.85. The van der Waals surface area contributed by atoms with Gasteiger partial charge in [0.05, 0.1) is 22.2 Å². The number of nitro groups is 1. The molecular formula is C22H21N5O6S. The van der Waals surface area contributed by atoms with Gasteiger partial charge in [-0.2, -0.15) is 4.31 Å². The molecule has 0 radical (unpaired) electrons. The van der Waals surface area contributed by atoms with Gasteiger partial charge in [-0.1, -0.05) is 30.3 Å². The van der Waals surface area contributed by atoms with Gasteiger partial charge in [0.25, 0.3) is 11.2 Å². The van der Waals surface area contributed by atoms with E-state index in [0.29, 0.717) is 0 Å². The molecule has 1 aliphatic heterocycles. The van der Waals surface area contributed by atoms with Crippen LogP contribution in [-0.2, 0) is 21.4 Å². The van der Waals surface area contributed by atoms with E-state index in [4.69, 9.17) is 0 Å². The summed E-state index contributed by atoms with van der Waals surface area (Å²) in [5, 5.41) is 12.2. The van der Waals surface area contributed by atoms with Gasteiger partial charge in [-0.15, -0.1) is 0 Å². The van der Waals surface area contributed by atoms with Crippen molar-refractivity contribution in [3.63, 3.8) is 0 Å². The summed E-state index contributed by atoms with van der Waals surface area (Å²) in [5.41, 5.74) is 0.273. The normalized spacial score (nSPS) is 15.1. The Morgan fingerprint density at radius 2 is 1.79 bits per heavy atom. The maximum atomic E-state index is 12.7. The number of nitro benzene ring substituents is 1. The molecule has 0 bridgehead atoms. The second-order valence-electron chi connectivity index (χ2n) is 7.67. The van der Waals surface area contributed by atoms with Crippen molar-refractivity contribution < 1.29 is 18.1 Å². The lowest BCUT2D eigenvalue weighted by molar-refractivity contribution is -0.384. The number of carbonyl (C=O) groups excluding carboxylic acids is 1. The summed E-state index contributed by atoms with van der Waals surface area (Å²) in [6.45, 7) is 0.404. The van der Waals surface area contributed by atoms with Gasteiger partial charge in [0.15, 0.2) is 0 Å². The molecule has 0 unspecified atom stereocenters. The zero-order valence-electron chi connectivity index (χ0n) is 18.0. The predicted octanol–water partition coefficient (Wildman–Crippen LogP) is 1.45. The molecule has 1 saturated heterocycles. The van der Waals surface area contributed by atoms with E-state index in [1.165, 1.54) is 39.8 Å². The number of nitrogens with zero attached hydrogens (tertiary/aromatic N) is 5. The number of aromatic nitrogens is 2. The van der Waals surface area contributed by atoms with E-state index >= 15 is 0 Å². The first kappa shape index (κ1) is 23.3. The summed E-state index contributed by atoms with van der Waals surface area (Å²) in [5.74, 6) is -0.345. The first-order chi connectivity index (χ1) is 16.2. The molecule has 0 atom stereocenters. The van der Waals surface area contributed by atoms with Crippen molar-refractivity contribution in [2.24, 2.45) is 0 Å². The van der Waals surface area contributed by atoms with Crippen LogP contribution in [0.25, 0.3) is 17.0 Å². The maximum absolute atomic E-state index is 12.7. The standard InChI is InChI=1S/C22H21N5O6S/c28-21(15-25-16-23-20-14-18(27(30)31)6-7-19(20)22(25)29)24-9-11-26(12-10-24)34(32,33)13-8-17-4-2-1-3-5-17/h1-8,13-14,16H,9-12,15H2/b13-8+. The number of benzene rings is 2. The number of hydrogen-bond donors (Lipinski definition) is 0. The minimum absolute atomic E-state index is 0.141. The van der Waals surface area contributed by atoms with E-state index in [2.05, 4.69) is 4.98 Å². The molecule has 1 aromatic heterocycles. The molecule has 2 aromatic carbocycles. The topological polar surface area (TPSA) is 136 Å². The largest absolute Gasteiger partial charge is 0.338 e. The number of sulfonamides is 1. The van der Waals surface area contributed by atoms with E-state index in [1.807, 2.05) is 18.2 Å². The summed E-state index contributed by atoms with van der Waals surface area (Å²) in [4.78, 5) is 41.3. The summed E-state index contributed by atoms with van der Waals surface area (Å²) in [6.07, 6.45) is 2.71. The molecule has 0 N–H and O–H groups in total. The Morgan fingerprint density at radius 3 is 2.47 bits per heavy atom. The van der Waals surface area contributed by atoms with Crippen molar-refractivity contribution in [1.29, 1.82) is 0 Å². The Bertz CT molecular complexity index is 1430. The Labute approximate surface area is 194 Å². The van der Waals surface area contributed by atoms with Crippen LogP contribution in [0.5, 0.6) is 0 Å². The smallest absolute Gasteiger partial charge is 0.271 e. The highest BCUT2D eigenvalue weighted by molar-refractivity contribution is 7.92. The van der Waals surface area contributed by atoms with Crippen molar-refractivity contribution in [1.82, 2.24) is 18.8 Å². The third-order valence-corrected chi connectivity index (χ3v) is 7.07. The van der Waals surface area contributed by atoms with Crippen LogP contribution in [0.15, 0.2) is 65.1 Å². The third-order valence-electron chi connectivity index (χ3n) is 5.51. The van der Waals surface area contributed by atoms with Crippen LogP contribution < -0.4 is 5.56 Å². The Hall–Kier alpha value is -3.90. The second kappa shape index (κ2) is 9.53. The van der Waals surface area contributed by atoms with Crippen molar-refractivity contribution in [3.8, 4) is 0 Å². The molecule has 1 aliphatic rings. The lowest BCUT2D eigenvalue weighted by Gasteiger charge is -2.33. The molecule has 1 amide bonds. The van der Waals surface area contributed by atoms with Gasteiger partial charge in [-0.3, -0.25) is 24.3 Å². The van der Waals surface area contributed by atoms with Crippen LogP contribution in [0.4, 0.5) is 5.69 Å². The summed E-state index contributed by atoms with van der Waals surface area (Å²) < 4.78 is 27.7. The SMILES string of the molecule is O=C(Cn1cnc2cc([N+](=O)[O-])ccc2c1=O)N1CCN(S(=O)(=O)/C=C/c2ccccc2)CC1. The monoisotopic (exact) mass is 483 g/mol. The van der Waals surface area contributed by atoms with Crippen molar-refractivity contribution in [3.05, 3.63) is 86.3 Å². The molecule has 2 heterocycles. The van der Waals surface area contributed by atoms with E-state index in [0.717, 1.165) is 15.5 Å². The number of carbonyl (C=O) groups is 1. The predicted molar refractivity (Wildman–Crippen MR) is 125 cm³/mol. The van der Waals surface area contributed by atoms with E-state index in [1.54, 1.807) is 12.1 Å². The Balaban J connectivity index is 1.40. The molecule has 1 fully saturated rings.